The molecule has 0 spiro atoms. The molecule has 3 heteroatoms. The number of nitrogens with zero attached hydrogens (tertiary/aromatic N) is 3. The number of para-hydroxylation sites is 4. The third-order valence-corrected chi connectivity index (χ3v) is 12.0. The van der Waals surface area contributed by atoms with E-state index in [1.165, 1.54) is 5.56 Å². The van der Waals surface area contributed by atoms with E-state index in [2.05, 4.69) is 318 Å². The third kappa shape index (κ3) is 10.9. The Morgan fingerprint density at radius 2 is 0.362 bits per heavy atom. The number of rotatable bonds is 15. The van der Waals surface area contributed by atoms with Gasteiger partial charge >= 0.3 is 0 Å². The summed E-state index contributed by atoms with van der Waals surface area (Å²) in [4.78, 5) is 6.91. The van der Waals surface area contributed by atoms with Gasteiger partial charge in [0.2, 0.25) is 0 Å². The van der Waals surface area contributed by atoms with Gasteiger partial charge in [-0.05, 0) is 143 Å². The Kier molecular flexibility index (Phi) is 13.6. The number of benzene rings is 10. The SMILES string of the molecule is C(=Cc1ccc(N(c2cccc(C=Cc3ccc(N(c4ccccc4)c4ccccc4)cc3)c2)c2cccc(C=Cc3ccc(N(c4ccccc4)c4ccccc4)cc3)c2)cc1)c1ccccc1. The fourth-order valence-electron chi connectivity index (χ4n) is 8.53. The molecule has 0 radical (unpaired) electrons. The fraction of sp³-hybridized carbons (Fsp3) is 0. The second-order valence-corrected chi connectivity index (χ2v) is 16.7. The minimum Gasteiger partial charge on any atom is -0.311 e. The van der Waals surface area contributed by atoms with Crippen molar-refractivity contribution in [1.29, 1.82) is 0 Å². The van der Waals surface area contributed by atoms with Crippen LogP contribution in [0.25, 0.3) is 36.5 Å². The molecule has 0 N–H and O–H groups in total. The molecule has 0 aliphatic carbocycles. The summed E-state index contributed by atoms with van der Waals surface area (Å²) in [7, 11) is 0. The Morgan fingerprint density at radius 3 is 0.667 bits per heavy atom. The van der Waals surface area contributed by atoms with E-state index < -0.39 is 0 Å². The third-order valence-electron chi connectivity index (χ3n) is 12.0. The molecule has 0 heterocycles. The summed E-state index contributed by atoms with van der Waals surface area (Å²) in [5, 5.41) is 0. The van der Waals surface area contributed by atoms with Crippen LogP contribution in [0.15, 0.2) is 273 Å². The maximum Gasteiger partial charge on any atom is 0.0467 e. The summed E-state index contributed by atoms with van der Waals surface area (Å²) in [6.07, 6.45) is 13.1. The lowest BCUT2D eigenvalue weighted by Crippen LogP contribution is -2.10. The molecule has 0 aliphatic rings. The lowest BCUT2D eigenvalue weighted by atomic mass is 10.1. The van der Waals surface area contributed by atoms with Crippen molar-refractivity contribution in [2.75, 3.05) is 14.7 Å². The zero-order chi connectivity index (χ0) is 46.5. The minimum absolute atomic E-state index is 1.07. The summed E-state index contributed by atoms with van der Waals surface area (Å²) in [5.74, 6) is 0. The predicted octanol–water partition coefficient (Wildman–Crippen LogP) is 18.6. The predicted molar refractivity (Wildman–Crippen MR) is 297 cm³/mol. The highest BCUT2D eigenvalue weighted by molar-refractivity contribution is 5.84. The van der Waals surface area contributed by atoms with E-state index in [0.717, 1.165) is 79.0 Å². The van der Waals surface area contributed by atoms with Gasteiger partial charge in [0.1, 0.15) is 0 Å². The Labute approximate surface area is 406 Å². The van der Waals surface area contributed by atoms with Gasteiger partial charge in [-0.3, -0.25) is 0 Å². The first-order chi connectivity index (χ1) is 34.2. The average molecular weight is 886 g/mol. The minimum atomic E-state index is 1.07. The summed E-state index contributed by atoms with van der Waals surface area (Å²) in [6.45, 7) is 0. The molecule has 0 bridgehead atoms. The highest BCUT2D eigenvalue weighted by atomic mass is 15.2. The van der Waals surface area contributed by atoms with Crippen molar-refractivity contribution >= 4 is 87.6 Å². The summed E-state index contributed by atoms with van der Waals surface area (Å²) >= 11 is 0. The van der Waals surface area contributed by atoms with Crippen LogP contribution < -0.4 is 14.7 Å². The van der Waals surface area contributed by atoms with Crippen molar-refractivity contribution in [2.24, 2.45) is 0 Å². The van der Waals surface area contributed by atoms with Crippen LogP contribution in [-0.2, 0) is 0 Å². The molecule has 10 rings (SSSR count). The van der Waals surface area contributed by atoms with E-state index in [1.807, 2.05) is 6.07 Å². The van der Waals surface area contributed by atoms with E-state index >= 15 is 0 Å². The molecule has 330 valence electrons. The molecule has 10 aromatic rings. The van der Waals surface area contributed by atoms with Crippen LogP contribution in [0.2, 0.25) is 0 Å². The number of anilines is 9. The van der Waals surface area contributed by atoms with E-state index in [9.17, 15) is 0 Å². The average Bonchev–Trinajstić information content (AvgIpc) is 3.42. The lowest BCUT2D eigenvalue weighted by Gasteiger charge is -2.26. The van der Waals surface area contributed by atoms with E-state index in [1.54, 1.807) is 0 Å². The first kappa shape index (κ1) is 43.7. The van der Waals surface area contributed by atoms with Crippen molar-refractivity contribution in [3.63, 3.8) is 0 Å². The zero-order valence-corrected chi connectivity index (χ0v) is 38.3. The molecule has 0 aliphatic heterocycles. The molecule has 0 atom stereocenters. The molecule has 69 heavy (non-hydrogen) atoms. The zero-order valence-electron chi connectivity index (χ0n) is 38.3. The van der Waals surface area contributed by atoms with Gasteiger partial charge in [0, 0.05) is 51.2 Å². The summed E-state index contributed by atoms with van der Waals surface area (Å²) < 4.78 is 0. The van der Waals surface area contributed by atoms with Crippen LogP contribution >= 0.6 is 0 Å². The summed E-state index contributed by atoms with van der Waals surface area (Å²) in [5.41, 5.74) is 16.7. The maximum atomic E-state index is 2.34. The van der Waals surface area contributed by atoms with Gasteiger partial charge in [0.05, 0.1) is 0 Å². The molecule has 0 unspecified atom stereocenters. The first-order valence-corrected chi connectivity index (χ1v) is 23.4. The molecular weight excluding hydrogens is 835 g/mol. The molecule has 0 aromatic heterocycles. The van der Waals surface area contributed by atoms with Crippen molar-refractivity contribution in [2.45, 2.75) is 0 Å². The van der Waals surface area contributed by atoms with E-state index in [0.29, 0.717) is 0 Å². The van der Waals surface area contributed by atoms with Crippen LogP contribution in [0.1, 0.15) is 33.4 Å². The monoisotopic (exact) mass is 885 g/mol. The highest BCUT2D eigenvalue weighted by Gasteiger charge is 2.15. The quantitative estimate of drug-likeness (QED) is 0.0950. The van der Waals surface area contributed by atoms with Crippen molar-refractivity contribution in [1.82, 2.24) is 0 Å². The number of hydrogen-bond acceptors (Lipinski definition) is 3. The van der Waals surface area contributed by atoms with Crippen LogP contribution in [0.3, 0.4) is 0 Å². The Bertz CT molecular complexity index is 3020. The van der Waals surface area contributed by atoms with Gasteiger partial charge in [0.25, 0.3) is 0 Å². The first-order valence-electron chi connectivity index (χ1n) is 23.4. The molecule has 3 nitrogen and oxygen atoms in total. The van der Waals surface area contributed by atoms with Crippen molar-refractivity contribution < 1.29 is 0 Å². The largest absolute Gasteiger partial charge is 0.311 e. The molecule has 0 saturated carbocycles. The van der Waals surface area contributed by atoms with E-state index in [4.69, 9.17) is 0 Å². The van der Waals surface area contributed by atoms with Gasteiger partial charge in [0.15, 0.2) is 0 Å². The fourth-order valence-corrected chi connectivity index (χ4v) is 8.53. The van der Waals surface area contributed by atoms with Gasteiger partial charge < -0.3 is 14.7 Å². The van der Waals surface area contributed by atoms with Gasteiger partial charge in [-0.15, -0.1) is 0 Å². The topological polar surface area (TPSA) is 9.72 Å². The summed E-state index contributed by atoms with van der Waals surface area (Å²) in [6, 6.07) is 96.3. The van der Waals surface area contributed by atoms with Crippen molar-refractivity contribution in [3.8, 4) is 0 Å². The van der Waals surface area contributed by atoms with E-state index in [-0.39, 0.29) is 0 Å². The second-order valence-electron chi connectivity index (χ2n) is 16.7. The van der Waals surface area contributed by atoms with Crippen LogP contribution in [0, 0.1) is 0 Å². The number of hydrogen-bond donors (Lipinski definition) is 0. The van der Waals surface area contributed by atoms with Crippen LogP contribution in [0.5, 0.6) is 0 Å². The van der Waals surface area contributed by atoms with Gasteiger partial charge in [-0.2, -0.15) is 0 Å². The molecule has 0 fully saturated rings. The smallest absolute Gasteiger partial charge is 0.0467 e. The second kappa shape index (κ2) is 21.4. The Hall–Kier alpha value is -9.18. The van der Waals surface area contributed by atoms with Crippen molar-refractivity contribution in [3.05, 3.63) is 306 Å². The Balaban J connectivity index is 0.926. The molecule has 10 aromatic carbocycles. The molecular formula is C66H51N3. The van der Waals surface area contributed by atoms with Gasteiger partial charge in [-0.1, -0.05) is 200 Å². The molecule has 0 saturated heterocycles. The maximum absolute atomic E-state index is 2.34. The van der Waals surface area contributed by atoms with Crippen LogP contribution in [-0.4, -0.2) is 0 Å². The lowest BCUT2D eigenvalue weighted by molar-refractivity contribution is 1.28. The van der Waals surface area contributed by atoms with Gasteiger partial charge in [-0.25, -0.2) is 0 Å². The highest BCUT2D eigenvalue weighted by Crippen LogP contribution is 2.38. The van der Waals surface area contributed by atoms with Crippen LogP contribution in [0.4, 0.5) is 51.2 Å². The Morgan fingerprint density at radius 1 is 0.159 bits per heavy atom. The normalized spacial score (nSPS) is 11.3. The standard InChI is InChI=1S/C66H51N3/c1-6-18-52(19-7-1)32-33-53-42-48-64(49-43-53)69(65-30-16-20-56(50-65)36-34-54-38-44-62(45-39-54)67(58-22-8-2-9-23-58)59-24-10-3-11-25-59)66-31-17-21-57(51-66)37-35-55-40-46-63(47-41-55)68(60-26-12-4-13-27-60)61-28-14-5-15-29-61/h1-51H. The molecule has 0 amide bonds.